The molecule has 0 fully saturated rings. The third-order valence-electron chi connectivity index (χ3n) is 1.87. The number of aromatic nitrogens is 3. The number of nitrogen functional groups attached to an aromatic ring is 1. The number of carbonyl (C=O) groups is 1. The van der Waals surface area contributed by atoms with Crippen LogP contribution in [0.25, 0.3) is 0 Å². The zero-order valence-electron chi connectivity index (χ0n) is 10.6. The minimum Gasteiger partial charge on any atom is -0.461 e. The van der Waals surface area contributed by atoms with Gasteiger partial charge in [-0.15, -0.1) is 0 Å². The number of hydrogen-bond acceptors (Lipinski definition) is 9. The Kier molecular flexibility index (Phi) is 5.21. The van der Waals surface area contributed by atoms with E-state index in [1.54, 1.807) is 0 Å². The average Bonchev–Trinajstić information content (AvgIpc) is 2.34. The van der Waals surface area contributed by atoms with Gasteiger partial charge in [0.25, 0.3) is 0 Å². The van der Waals surface area contributed by atoms with E-state index in [4.69, 9.17) is 16.3 Å². The second kappa shape index (κ2) is 6.66. The van der Waals surface area contributed by atoms with E-state index >= 15 is 0 Å². The van der Waals surface area contributed by atoms with E-state index in [2.05, 4.69) is 25.7 Å². The van der Waals surface area contributed by atoms with Crippen molar-refractivity contribution in [3.05, 3.63) is 0 Å². The van der Waals surface area contributed by atoms with E-state index in [1.807, 2.05) is 13.8 Å². The largest absolute Gasteiger partial charge is 0.461 e. The van der Waals surface area contributed by atoms with Crippen LogP contribution < -0.4 is 27.1 Å². The Morgan fingerprint density at radius 2 is 2.00 bits per heavy atom. The number of amides is 1. The van der Waals surface area contributed by atoms with Crippen molar-refractivity contribution >= 4 is 17.8 Å². The zero-order chi connectivity index (χ0) is 14.4. The van der Waals surface area contributed by atoms with Crippen molar-refractivity contribution in [3.63, 3.8) is 0 Å². The third-order valence-corrected chi connectivity index (χ3v) is 1.87. The zero-order valence-corrected chi connectivity index (χ0v) is 10.6. The fourth-order valence-electron chi connectivity index (χ4n) is 1.05. The van der Waals surface area contributed by atoms with Gasteiger partial charge in [-0.3, -0.25) is 10.2 Å². The molecule has 1 unspecified atom stereocenters. The van der Waals surface area contributed by atoms with Crippen LogP contribution in [0, 0.1) is 0 Å². The van der Waals surface area contributed by atoms with Crippen molar-refractivity contribution in [1.29, 1.82) is 0 Å². The van der Waals surface area contributed by atoms with E-state index in [1.165, 1.54) is 0 Å². The number of aliphatic hydroxyl groups excluding tert-OH is 1. The van der Waals surface area contributed by atoms with Gasteiger partial charge in [0.1, 0.15) is 6.10 Å². The van der Waals surface area contributed by atoms with Crippen molar-refractivity contribution in [3.8, 4) is 6.01 Å². The van der Waals surface area contributed by atoms with Gasteiger partial charge in [-0.05, 0) is 13.8 Å². The summed E-state index contributed by atoms with van der Waals surface area (Å²) in [6.07, 6.45) is -1.47. The number of rotatable bonds is 7. The number of nitrogens with two attached hydrogens (primary N) is 2. The van der Waals surface area contributed by atoms with Crippen LogP contribution >= 0.6 is 0 Å². The van der Waals surface area contributed by atoms with Crippen LogP contribution in [0.1, 0.15) is 13.8 Å². The van der Waals surface area contributed by atoms with Crippen LogP contribution in [0.4, 0.5) is 11.9 Å². The Morgan fingerprint density at radius 1 is 1.37 bits per heavy atom. The molecule has 0 aliphatic heterocycles. The molecule has 0 saturated carbocycles. The average molecular weight is 271 g/mol. The van der Waals surface area contributed by atoms with Gasteiger partial charge in [0, 0.05) is 0 Å². The Morgan fingerprint density at radius 3 is 2.53 bits per heavy atom. The molecule has 0 aromatic carbocycles. The summed E-state index contributed by atoms with van der Waals surface area (Å²) in [4.78, 5) is 22.4. The summed E-state index contributed by atoms with van der Waals surface area (Å²) in [7, 11) is 0. The molecule has 1 rings (SSSR count). The number of aliphatic hydroxyl groups is 1. The normalized spacial score (nSPS) is 12.1. The quantitative estimate of drug-likeness (QED) is 0.284. The number of nitrogens with zero attached hydrogens (tertiary/aromatic N) is 3. The lowest BCUT2D eigenvalue weighted by molar-refractivity contribution is -0.125. The molecule has 0 bridgehead atoms. The standard InChI is InChI=1S/C9H17N7O3/c1-4(2)19-9-14-7(13-8(15-9)16-11)12-3-5(17)6(10)18/h4-5,17H,3,11H2,1-2H3,(H2,10,18)(H2,12,13,14,15,16). The maximum Gasteiger partial charge on any atom is 0.323 e. The molecule has 1 aromatic rings. The highest BCUT2D eigenvalue weighted by Gasteiger charge is 2.13. The van der Waals surface area contributed by atoms with Crippen LogP contribution in [0.2, 0.25) is 0 Å². The van der Waals surface area contributed by atoms with Crippen LogP contribution in [0.5, 0.6) is 6.01 Å². The highest BCUT2D eigenvalue weighted by Crippen LogP contribution is 2.11. The second-order valence-electron chi connectivity index (χ2n) is 3.88. The van der Waals surface area contributed by atoms with E-state index in [9.17, 15) is 9.90 Å². The number of carbonyl (C=O) groups excluding carboxylic acids is 1. The molecule has 19 heavy (non-hydrogen) atoms. The molecule has 0 aliphatic rings. The molecule has 0 radical (unpaired) electrons. The van der Waals surface area contributed by atoms with Crippen LogP contribution in [0.3, 0.4) is 0 Å². The Balaban J connectivity index is 2.79. The number of nitrogens with one attached hydrogen (secondary N) is 2. The number of anilines is 2. The molecule has 10 heteroatoms. The summed E-state index contributed by atoms with van der Waals surface area (Å²) < 4.78 is 5.30. The van der Waals surface area contributed by atoms with Gasteiger partial charge in [0.15, 0.2) is 0 Å². The monoisotopic (exact) mass is 271 g/mol. The minimum atomic E-state index is -1.35. The Bertz CT molecular complexity index is 440. The topological polar surface area (TPSA) is 161 Å². The molecule has 1 aromatic heterocycles. The molecule has 0 spiro atoms. The fourth-order valence-corrected chi connectivity index (χ4v) is 1.05. The van der Waals surface area contributed by atoms with Gasteiger partial charge < -0.3 is 20.9 Å². The van der Waals surface area contributed by atoms with Crippen LogP contribution in [-0.4, -0.2) is 44.7 Å². The molecule has 1 atom stereocenters. The maximum absolute atomic E-state index is 10.7. The molecule has 0 aliphatic carbocycles. The first kappa shape index (κ1) is 14.9. The predicted molar refractivity (Wildman–Crippen MR) is 67.1 cm³/mol. The van der Waals surface area contributed by atoms with Crippen molar-refractivity contribution < 1.29 is 14.6 Å². The summed E-state index contributed by atoms with van der Waals surface area (Å²) in [5.41, 5.74) is 7.17. The van der Waals surface area contributed by atoms with Gasteiger partial charge in [-0.2, -0.15) is 15.0 Å². The highest BCUT2D eigenvalue weighted by atomic mass is 16.5. The lowest BCUT2D eigenvalue weighted by Gasteiger charge is -2.12. The van der Waals surface area contributed by atoms with Crippen LogP contribution in [-0.2, 0) is 4.79 Å². The minimum absolute atomic E-state index is 0.0639. The third kappa shape index (κ3) is 4.89. The molecule has 0 saturated heterocycles. The first-order valence-corrected chi connectivity index (χ1v) is 5.53. The van der Waals surface area contributed by atoms with Gasteiger partial charge in [-0.25, -0.2) is 5.84 Å². The smallest absolute Gasteiger partial charge is 0.323 e. The van der Waals surface area contributed by atoms with E-state index in [-0.39, 0.29) is 30.6 Å². The van der Waals surface area contributed by atoms with Crippen LogP contribution in [0.15, 0.2) is 0 Å². The molecule has 106 valence electrons. The number of ether oxygens (including phenoxy) is 1. The SMILES string of the molecule is CC(C)Oc1nc(NN)nc(NCC(O)C(N)=O)n1. The number of hydrazine groups is 1. The van der Waals surface area contributed by atoms with Crippen molar-refractivity contribution in [2.45, 2.75) is 26.1 Å². The summed E-state index contributed by atoms with van der Waals surface area (Å²) in [5.74, 6) is 4.54. The summed E-state index contributed by atoms with van der Waals surface area (Å²) in [5, 5.41) is 11.9. The molecule has 10 nitrogen and oxygen atoms in total. The second-order valence-corrected chi connectivity index (χ2v) is 3.88. The molecule has 1 heterocycles. The molecule has 1 amide bonds. The highest BCUT2D eigenvalue weighted by molar-refractivity contribution is 5.79. The maximum atomic E-state index is 10.7. The lowest BCUT2D eigenvalue weighted by atomic mass is 10.3. The van der Waals surface area contributed by atoms with Gasteiger partial charge in [-0.1, -0.05) is 0 Å². The van der Waals surface area contributed by atoms with E-state index < -0.39 is 12.0 Å². The summed E-state index contributed by atoms with van der Waals surface area (Å²) >= 11 is 0. The molecular weight excluding hydrogens is 254 g/mol. The van der Waals surface area contributed by atoms with E-state index in [0.717, 1.165) is 0 Å². The van der Waals surface area contributed by atoms with Crippen molar-refractivity contribution in [2.24, 2.45) is 11.6 Å². The lowest BCUT2D eigenvalue weighted by Crippen LogP contribution is -2.34. The van der Waals surface area contributed by atoms with Gasteiger partial charge in [0.2, 0.25) is 17.8 Å². The number of primary amides is 1. The first-order chi connectivity index (χ1) is 8.92. The predicted octanol–water partition coefficient (Wildman–Crippen LogP) is -1.80. The van der Waals surface area contributed by atoms with Crippen molar-refractivity contribution in [2.75, 3.05) is 17.3 Å². The fraction of sp³-hybridized carbons (Fsp3) is 0.556. The molecular formula is C9H17N7O3. The molecule has 7 N–H and O–H groups in total. The first-order valence-electron chi connectivity index (χ1n) is 5.53. The van der Waals surface area contributed by atoms with Crippen molar-refractivity contribution in [1.82, 2.24) is 15.0 Å². The summed E-state index contributed by atoms with van der Waals surface area (Å²) in [6, 6.07) is 0.0639. The van der Waals surface area contributed by atoms with E-state index in [0.29, 0.717) is 0 Å². The Labute approximate surface area is 109 Å². The van der Waals surface area contributed by atoms with Gasteiger partial charge in [0.05, 0.1) is 12.6 Å². The Hall–Kier alpha value is -2.20. The summed E-state index contributed by atoms with van der Waals surface area (Å²) in [6.45, 7) is 3.48. The van der Waals surface area contributed by atoms with Gasteiger partial charge >= 0.3 is 6.01 Å². The number of hydrogen-bond donors (Lipinski definition) is 5.